The highest BCUT2D eigenvalue weighted by Gasteiger charge is 2.30. The number of carbonyl (C=O) groups excluding carboxylic acids is 2. The van der Waals surface area contributed by atoms with E-state index in [0.717, 1.165) is 0 Å². The molecule has 0 fully saturated rings. The van der Waals surface area contributed by atoms with Crippen molar-refractivity contribution in [2.75, 3.05) is 6.61 Å². The van der Waals surface area contributed by atoms with Crippen LogP contribution in [0.1, 0.15) is 23.0 Å². The lowest BCUT2D eigenvalue weighted by atomic mass is 10.1. The van der Waals surface area contributed by atoms with E-state index in [1.54, 1.807) is 25.1 Å². The lowest BCUT2D eigenvalue weighted by Gasteiger charge is -2.04. The smallest absolute Gasteiger partial charge is 0.351 e. The highest BCUT2D eigenvalue weighted by molar-refractivity contribution is 6.13. The summed E-state index contributed by atoms with van der Waals surface area (Å²) in [4.78, 5) is 27.1. The van der Waals surface area contributed by atoms with Crippen LogP contribution in [0.5, 0.6) is 0 Å². The Hall–Kier alpha value is -2.68. The number of nitrogens with zero attached hydrogens (tertiary/aromatic N) is 2. The SMILES string of the molecule is CCOC(=O)/C(C#N)=C1\NC(=O)c2ncccc21. The van der Waals surface area contributed by atoms with Crippen LogP contribution in [0.2, 0.25) is 0 Å². The zero-order chi connectivity index (χ0) is 13.1. The van der Waals surface area contributed by atoms with Crippen molar-refractivity contribution < 1.29 is 14.3 Å². The van der Waals surface area contributed by atoms with Gasteiger partial charge in [-0.25, -0.2) is 4.79 Å². The Balaban J connectivity index is 2.55. The third-order valence-corrected chi connectivity index (χ3v) is 2.37. The van der Waals surface area contributed by atoms with Gasteiger partial charge in [0.05, 0.1) is 12.3 Å². The van der Waals surface area contributed by atoms with Gasteiger partial charge in [-0.15, -0.1) is 0 Å². The number of nitrogens with one attached hydrogen (secondary N) is 1. The molecular formula is C12H9N3O3. The van der Waals surface area contributed by atoms with Gasteiger partial charge in [-0.2, -0.15) is 5.26 Å². The molecule has 6 heteroatoms. The first-order valence-electron chi connectivity index (χ1n) is 5.27. The minimum absolute atomic E-state index is 0.157. The number of pyridine rings is 1. The Bertz CT molecular complexity index is 599. The predicted molar refractivity (Wildman–Crippen MR) is 60.9 cm³/mol. The number of amides is 1. The van der Waals surface area contributed by atoms with Gasteiger partial charge in [-0.05, 0) is 19.1 Å². The number of nitriles is 1. The maximum atomic E-state index is 11.6. The molecule has 0 aromatic carbocycles. The molecule has 0 bridgehead atoms. The fraction of sp³-hybridized carbons (Fsp3) is 0.167. The van der Waals surface area contributed by atoms with Crippen LogP contribution in [-0.2, 0) is 9.53 Å². The first kappa shape index (κ1) is 11.8. The van der Waals surface area contributed by atoms with Crippen LogP contribution in [-0.4, -0.2) is 23.5 Å². The molecule has 0 saturated heterocycles. The van der Waals surface area contributed by atoms with Crippen LogP contribution in [0.3, 0.4) is 0 Å². The van der Waals surface area contributed by atoms with Gasteiger partial charge in [0.25, 0.3) is 5.91 Å². The summed E-state index contributed by atoms with van der Waals surface area (Å²) in [5.41, 5.74) is 0.567. The number of ether oxygens (including phenoxy) is 1. The Kier molecular flexibility index (Phi) is 3.06. The topological polar surface area (TPSA) is 92.1 Å². The summed E-state index contributed by atoms with van der Waals surface area (Å²) in [5.74, 6) is -1.19. The Morgan fingerprint density at radius 3 is 3.06 bits per heavy atom. The van der Waals surface area contributed by atoms with Crippen molar-refractivity contribution in [3.8, 4) is 6.07 Å². The van der Waals surface area contributed by atoms with Crippen molar-refractivity contribution in [1.82, 2.24) is 10.3 Å². The van der Waals surface area contributed by atoms with E-state index in [-0.39, 0.29) is 23.6 Å². The molecule has 1 aliphatic rings. The molecule has 0 unspecified atom stereocenters. The Labute approximate surface area is 103 Å². The van der Waals surface area contributed by atoms with Crippen LogP contribution in [0.4, 0.5) is 0 Å². The molecule has 1 aromatic rings. The van der Waals surface area contributed by atoms with Crippen LogP contribution < -0.4 is 5.32 Å². The summed E-state index contributed by atoms with van der Waals surface area (Å²) in [6.45, 7) is 1.80. The van der Waals surface area contributed by atoms with Crippen LogP contribution in [0.25, 0.3) is 5.70 Å². The number of hydrogen-bond donors (Lipinski definition) is 1. The van der Waals surface area contributed by atoms with Gasteiger partial charge >= 0.3 is 5.97 Å². The fourth-order valence-electron chi connectivity index (χ4n) is 1.63. The van der Waals surface area contributed by atoms with E-state index >= 15 is 0 Å². The van der Waals surface area contributed by atoms with Crippen LogP contribution >= 0.6 is 0 Å². The predicted octanol–water partition coefficient (Wildman–Crippen LogP) is 0.623. The molecule has 1 aliphatic heterocycles. The van der Waals surface area contributed by atoms with E-state index in [0.29, 0.717) is 5.56 Å². The maximum absolute atomic E-state index is 11.6. The zero-order valence-electron chi connectivity index (χ0n) is 9.56. The fourth-order valence-corrected chi connectivity index (χ4v) is 1.63. The third kappa shape index (κ3) is 1.82. The first-order valence-corrected chi connectivity index (χ1v) is 5.27. The number of aromatic nitrogens is 1. The maximum Gasteiger partial charge on any atom is 0.351 e. The summed E-state index contributed by atoms with van der Waals surface area (Å²) < 4.78 is 4.77. The molecule has 0 radical (unpaired) electrons. The van der Waals surface area contributed by atoms with Crippen molar-refractivity contribution >= 4 is 17.6 Å². The van der Waals surface area contributed by atoms with E-state index in [4.69, 9.17) is 10.00 Å². The van der Waals surface area contributed by atoms with E-state index in [2.05, 4.69) is 10.3 Å². The van der Waals surface area contributed by atoms with Crippen molar-refractivity contribution in [3.63, 3.8) is 0 Å². The van der Waals surface area contributed by atoms with Crippen molar-refractivity contribution in [2.24, 2.45) is 0 Å². The van der Waals surface area contributed by atoms with E-state index in [9.17, 15) is 9.59 Å². The second kappa shape index (κ2) is 4.67. The summed E-state index contributed by atoms with van der Waals surface area (Å²) in [7, 11) is 0. The standard InChI is InChI=1S/C12H9N3O3/c1-2-18-12(17)8(6-13)9-7-4-3-5-14-10(7)11(16)15-9/h3-5H,2H2,1H3,(H,15,16)/b9-8-. The van der Waals surface area contributed by atoms with Crippen molar-refractivity contribution in [3.05, 3.63) is 35.2 Å². The lowest BCUT2D eigenvalue weighted by molar-refractivity contribution is -0.137. The quantitative estimate of drug-likeness (QED) is 0.467. The molecule has 90 valence electrons. The zero-order valence-corrected chi connectivity index (χ0v) is 9.56. The highest BCUT2D eigenvalue weighted by atomic mass is 16.5. The van der Waals surface area contributed by atoms with E-state index < -0.39 is 11.9 Å². The lowest BCUT2D eigenvalue weighted by Crippen LogP contribution is -2.17. The highest BCUT2D eigenvalue weighted by Crippen LogP contribution is 2.25. The van der Waals surface area contributed by atoms with Gasteiger partial charge in [0.1, 0.15) is 11.8 Å². The molecule has 0 atom stereocenters. The van der Waals surface area contributed by atoms with Gasteiger partial charge in [-0.3, -0.25) is 9.78 Å². The Morgan fingerprint density at radius 1 is 1.61 bits per heavy atom. The van der Waals surface area contributed by atoms with Gasteiger partial charge < -0.3 is 10.1 Å². The molecule has 2 rings (SSSR count). The average Bonchev–Trinajstić information content (AvgIpc) is 2.69. The molecule has 1 N–H and O–H groups in total. The van der Waals surface area contributed by atoms with E-state index in [1.807, 2.05) is 0 Å². The van der Waals surface area contributed by atoms with Gasteiger partial charge in [-0.1, -0.05) is 0 Å². The van der Waals surface area contributed by atoms with Crippen molar-refractivity contribution in [1.29, 1.82) is 5.26 Å². The number of hydrogen-bond acceptors (Lipinski definition) is 5. The number of esters is 1. The second-order valence-corrected chi connectivity index (χ2v) is 3.44. The monoisotopic (exact) mass is 243 g/mol. The molecule has 1 aromatic heterocycles. The normalized spacial score (nSPS) is 15.4. The van der Waals surface area contributed by atoms with Crippen molar-refractivity contribution in [2.45, 2.75) is 6.92 Å². The van der Waals surface area contributed by atoms with Gasteiger partial charge in [0.15, 0.2) is 5.57 Å². The summed E-state index contributed by atoms with van der Waals surface area (Å²) in [6, 6.07) is 4.99. The molecule has 0 saturated carbocycles. The molecule has 1 amide bonds. The largest absolute Gasteiger partial charge is 0.462 e. The Morgan fingerprint density at radius 2 is 2.39 bits per heavy atom. The third-order valence-electron chi connectivity index (χ3n) is 2.37. The molecule has 0 aliphatic carbocycles. The van der Waals surface area contributed by atoms with Gasteiger partial charge in [0, 0.05) is 11.8 Å². The summed E-state index contributed by atoms with van der Waals surface area (Å²) in [5, 5.41) is 11.5. The second-order valence-electron chi connectivity index (χ2n) is 3.44. The average molecular weight is 243 g/mol. The number of rotatable bonds is 2. The molecule has 18 heavy (non-hydrogen) atoms. The van der Waals surface area contributed by atoms with Gasteiger partial charge in [0.2, 0.25) is 0 Å². The first-order chi connectivity index (χ1) is 8.69. The number of carbonyl (C=O) groups is 2. The minimum Gasteiger partial charge on any atom is -0.462 e. The molecule has 2 heterocycles. The minimum atomic E-state index is -0.757. The molecule has 0 spiro atoms. The van der Waals surface area contributed by atoms with Crippen LogP contribution in [0.15, 0.2) is 23.9 Å². The van der Waals surface area contributed by atoms with Crippen LogP contribution in [0, 0.1) is 11.3 Å². The summed E-state index contributed by atoms with van der Waals surface area (Å²) in [6.07, 6.45) is 1.47. The molecule has 6 nitrogen and oxygen atoms in total. The summed E-state index contributed by atoms with van der Waals surface area (Å²) >= 11 is 0. The van der Waals surface area contributed by atoms with E-state index in [1.165, 1.54) is 6.20 Å². The molecular weight excluding hydrogens is 234 g/mol. The number of fused-ring (bicyclic) bond motifs is 1.